The summed E-state index contributed by atoms with van der Waals surface area (Å²) >= 11 is 0. The molecule has 20 heavy (non-hydrogen) atoms. The van der Waals surface area contributed by atoms with Crippen LogP contribution in [0.5, 0.6) is 0 Å². The largest absolute Gasteiger partial charge is 0.373 e. The van der Waals surface area contributed by atoms with Crippen LogP contribution in [0.4, 0.5) is 5.69 Å². The lowest BCUT2D eigenvalue weighted by Crippen LogP contribution is -2.24. The predicted molar refractivity (Wildman–Crippen MR) is 83.7 cm³/mol. The Hall–Kier alpha value is -1.53. The Morgan fingerprint density at radius 2 is 2.20 bits per heavy atom. The number of anilines is 1. The summed E-state index contributed by atoms with van der Waals surface area (Å²) in [5, 5.41) is 12.9. The molecular formula is C17H25N3. The first-order valence-corrected chi connectivity index (χ1v) is 7.61. The van der Waals surface area contributed by atoms with Gasteiger partial charge in [0, 0.05) is 26.2 Å². The van der Waals surface area contributed by atoms with Crippen LogP contribution in [-0.2, 0) is 6.54 Å². The molecule has 0 aromatic heterocycles. The van der Waals surface area contributed by atoms with Gasteiger partial charge in [-0.1, -0.05) is 26.3 Å². The average Bonchev–Trinajstić information content (AvgIpc) is 3.28. The number of nitrogens with one attached hydrogen (secondary N) is 1. The van der Waals surface area contributed by atoms with E-state index in [1.165, 1.54) is 18.4 Å². The molecule has 1 aliphatic carbocycles. The lowest BCUT2D eigenvalue weighted by atomic mass is 10.1. The van der Waals surface area contributed by atoms with E-state index in [4.69, 9.17) is 0 Å². The molecule has 1 aliphatic rings. The summed E-state index contributed by atoms with van der Waals surface area (Å²) in [6.45, 7) is 6.31. The molecule has 0 aliphatic heterocycles. The Kier molecular flexibility index (Phi) is 5.03. The summed E-state index contributed by atoms with van der Waals surface area (Å²) in [7, 11) is 2.07. The van der Waals surface area contributed by atoms with Crippen molar-refractivity contribution in [3.63, 3.8) is 0 Å². The number of benzene rings is 1. The normalized spacial score (nSPS) is 15.7. The van der Waals surface area contributed by atoms with Gasteiger partial charge >= 0.3 is 0 Å². The van der Waals surface area contributed by atoms with E-state index >= 15 is 0 Å². The molecule has 1 atom stereocenters. The molecule has 1 N–H and O–H groups in total. The minimum absolute atomic E-state index is 0.641. The zero-order chi connectivity index (χ0) is 14.5. The maximum atomic E-state index is 9.38. The highest BCUT2D eigenvalue weighted by molar-refractivity contribution is 5.60. The summed E-state index contributed by atoms with van der Waals surface area (Å²) in [5.74, 6) is 0.641. The van der Waals surface area contributed by atoms with Crippen LogP contribution in [0.15, 0.2) is 18.2 Å². The molecule has 1 fully saturated rings. The van der Waals surface area contributed by atoms with Crippen molar-refractivity contribution in [1.82, 2.24) is 5.32 Å². The lowest BCUT2D eigenvalue weighted by Gasteiger charge is -2.24. The minimum Gasteiger partial charge on any atom is -0.373 e. The molecule has 3 nitrogen and oxygen atoms in total. The van der Waals surface area contributed by atoms with E-state index in [0.717, 1.165) is 30.8 Å². The fourth-order valence-corrected chi connectivity index (χ4v) is 2.36. The van der Waals surface area contributed by atoms with E-state index in [-0.39, 0.29) is 0 Å². The third kappa shape index (κ3) is 3.98. The number of hydrogen-bond acceptors (Lipinski definition) is 3. The molecule has 3 heteroatoms. The highest BCUT2D eigenvalue weighted by Gasteiger charge is 2.20. The molecule has 1 saturated carbocycles. The molecular weight excluding hydrogens is 246 g/mol. The maximum absolute atomic E-state index is 9.38. The van der Waals surface area contributed by atoms with Crippen molar-refractivity contribution < 1.29 is 0 Å². The predicted octanol–water partition coefficient (Wildman–Crippen LogP) is 3.29. The summed E-state index contributed by atoms with van der Waals surface area (Å²) in [6.07, 6.45) is 3.75. The number of rotatable bonds is 7. The van der Waals surface area contributed by atoms with Crippen LogP contribution in [0.25, 0.3) is 0 Å². The first kappa shape index (κ1) is 14.9. The summed E-state index contributed by atoms with van der Waals surface area (Å²) in [6, 6.07) is 9.30. The molecule has 0 saturated heterocycles. The van der Waals surface area contributed by atoms with Gasteiger partial charge in [0.2, 0.25) is 0 Å². The molecule has 1 aromatic carbocycles. The highest BCUT2D eigenvalue weighted by Crippen LogP contribution is 2.23. The van der Waals surface area contributed by atoms with Crippen LogP contribution in [0.2, 0.25) is 0 Å². The van der Waals surface area contributed by atoms with E-state index in [0.29, 0.717) is 12.0 Å². The maximum Gasteiger partial charge on any atom is 0.101 e. The Labute approximate surface area is 122 Å². The van der Waals surface area contributed by atoms with Crippen LogP contribution < -0.4 is 10.2 Å². The van der Waals surface area contributed by atoms with Crippen molar-refractivity contribution in [2.45, 2.75) is 45.7 Å². The smallest absolute Gasteiger partial charge is 0.101 e. The van der Waals surface area contributed by atoms with Crippen molar-refractivity contribution in [2.75, 3.05) is 18.5 Å². The lowest BCUT2D eigenvalue weighted by molar-refractivity contribution is 0.559. The van der Waals surface area contributed by atoms with Crippen molar-refractivity contribution in [1.29, 1.82) is 5.26 Å². The second kappa shape index (κ2) is 6.76. The Balaban J connectivity index is 2.06. The quantitative estimate of drug-likeness (QED) is 0.827. The zero-order valence-corrected chi connectivity index (χ0v) is 12.8. The van der Waals surface area contributed by atoms with E-state index in [9.17, 15) is 5.26 Å². The van der Waals surface area contributed by atoms with Crippen LogP contribution >= 0.6 is 0 Å². The molecule has 0 spiro atoms. The topological polar surface area (TPSA) is 39.1 Å². The molecule has 0 amide bonds. The third-order valence-corrected chi connectivity index (χ3v) is 4.05. The van der Waals surface area contributed by atoms with Crippen molar-refractivity contribution >= 4 is 5.69 Å². The monoisotopic (exact) mass is 271 g/mol. The van der Waals surface area contributed by atoms with Gasteiger partial charge in [-0.2, -0.15) is 5.26 Å². The highest BCUT2D eigenvalue weighted by atomic mass is 15.1. The van der Waals surface area contributed by atoms with Gasteiger partial charge in [-0.25, -0.2) is 0 Å². The molecule has 1 aromatic rings. The second-order valence-corrected chi connectivity index (χ2v) is 6.01. The first-order chi connectivity index (χ1) is 9.63. The van der Waals surface area contributed by atoms with E-state index in [2.05, 4.69) is 49.3 Å². The standard InChI is InChI=1S/C17H25N3/c1-4-13(2)12-20(3)17-8-5-14(9-15(17)10-18)11-19-16-6-7-16/h5,8-9,13,16,19H,4,6-7,11-12H2,1-3H3. The van der Waals surface area contributed by atoms with Crippen molar-refractivity contribution in [3.05, 3.63) is 29.3 Å². The number of nitrogens with zero attached hydrogens (tertiary/aromatic N) is 2. The molecule has 1 unspecified atom stereocenters. The Bertz CT molecular complexity index is 485. The summed E-state index contributed by atoms with van der Waals surface area (Å²) in [4.78, 5) is 2.20. The van der Waals surface area contributed by atoms with Gasteiger partial charge in [-0.3, -0.25) is 0 Å². The minimum atomic E-state index is 0.641. The van der Waals surface area contributed by atoms with Gasteiger partial charge < -0.3 is 10.2 Å². The molecule has 0 bridgehead atoms. The Morgan fingerprint density at radius 1 is 1.45 bits per heavy atom. The summed E-state index contributed by atoms with van der Waals surface area (Å²) in [5.41, 5.74) is 3.03. The van der Waals surface area contributed by atoms with Gasteiger partial charge in [0.15, 0.2) is 0 Å². The van der Waals surface area contributed by atoms with E-state index in [1.54, 1.807) is 0 Å². The Morgan fingerprint density at radius 3 is 2.80 bits per heavy atom. The van der Waals surface area contributed by atoms with Gasteiger partial charge in [0.1, 0.15) is 6.07 Å². The summed E-state index contributed by atoms with van der Waals surface area (Å²) < 4.78 is 0. The fraction of sp³-hybridized carbons (Fsp3) is 0.588. The van der Waals surface area contributed by atoms with Gasteiger partial charge in [0.05, 0.1) is 11.3 Å². The number of nitriles is 1. The SMILES string of the molecule is CCC(C)CN(C)c1ccc(CNC2CC2)cc1C#N. The second-order valence-electron chi connectivity index (χ2n) is 6.01. The van der Waals surface area contributed by atoms with Gasteiger partial charge in [-0.15, -0.1) is 0 Å². The zero-order valence-electron chi connectivity index (χ0n) is 12.8. The van der Waals surface area contributed by atoms with Gasteiger partial charge in [0.25, 0.3) is 0 Å². The fourth-order valence-electron chi connectivity index (χ4n) is 2.36. The van der Waals surface area contributed by atoms with Crippen LogP contribution in [0.3, 0.4) is 0 Å². The van der Waals surface area contributed by atoms with Crippen molar-refractivity contribution in [3.8, 4) is 6.07 Å². The van der Waals surface area contributed by atoms with Crippen LogP contribution in [0.1, 0.15) is 44.2 Å². The van der Waals surface area contributed by atoms with Crippen LogP contribution in [-0.4, -0.2) is 19.6 Å². The van der Waals surface area contributed by atoms with Gasteiger partial charge in [-0.05, 0) is 36.5 Å². The molecule has 0 heterocycles. The third-order valence-electron chi connectivity index (χ3n) is 4.05. The molecule has 108 valence electrons. The molecule has 2 rings (SSSR count). The van der Waals surface area contributed by atoms with E-state index in [1.807, 2.05) is 6.07 Å². The van der Waals surface area contributed by atoms with Crippen LogP contribution in [0, 0.1) is 17.2 Å². The number of hydrogen-bond donors (Lipinski definition) is 1. The first-order valence-electron chi connectivity index (χ1n) is 7.61. The molecule has 0 radical (unpaired) electrons. The average molecular weight is 271 g/mol. The van der Waals surface area contributed by atoms with Crippen molar-refractivity contribution in [2.24, 2.45) is 5.92 Å². The van der Waals surface area contributed by atoms with E-state index < -0.39 is 0 Å².